The maximum Gasteiger partial charge on any atom is 0.235 e. The van der Waals surface area contributed by atoms with Crippen LogP contribution in [0.15, 0.2) is 35.3 Å². The smallest absolute Gasteiger partial charge is 0.235 e. The number of hydrogen-bond acceptors (Lipinski definition) is 2. The van der Waals surface area contributed by atoms with Crippen LogP contribution in [0.1, 0.15) is 78.1 Å². The van der Waals surface area contributed by atoms with Crippen LogP contribution in [0.5, 0.6) is 0 Å². The van der Waals surface area contributed by atoms with E-state index in [9.17, 15) is 4.79 Å². The third kappa shape index (κ3) is 7.70. The molecule has 1 aliphatic rings. The first kappa shape index (κ1) is 22.5. The molecular weight excluding hydrogens is 366 g/mol. The summed E-state index contributed by atoms with van der Waals surface area (Å²) in [6, 6.07) is 9.62. The number of nitrogens with one attached hydrogen (secondary N) is 2. The zero-order valence-electron chi connectivity index (χ0n) is 17.4. The summed E-state index contributed by atoms with van der Waals surface area (Å²) >= 11 is 5.27. The minimum atomic E-state index is -0.277. The van der Waals surface area contributed by atoms with Gasteiger partial charge in [-0.25, -0.2) is 4.99 Å². The summed E-state index contributed by atoms with van der Waals surface area (Å²) in [4.78, 5) is 17.2. The van der Waals surface area contributed by atoms with E-state index in [4.69, 9.17) is 12.2 Å². The first-order valence-corrected chi connectivity index (χ1v) is 11.2. The van der Waals surface area contributed by atoms with Crippen molar-refractivity contribution < 1.29 is 4.79 Å². The molecule has 5 heteroatoms. The van der Waals surface area contributed by atoms with E-state index >= 15 is 0 Å². The fourth-order valence-electron chi connectivity index (χ4n) is 3.82. The summed E-state index contributed by atoms with van der Waals surface area (Å²) in [7, 11) is 0. The van der Waals surface area contributed by atoms with Gasteiger partial charge in [0.15, 0.2) is 5.11 Å². The number of carbonyl (C=O) groups excluding carboxylic acids is 1. The Morgan fingerprint density at radius 2 is 1.64 bits per heavy atom. The average molecular weight is 402 g/mol. The number of rotatable bonds is 12. The molecule has 1 aliphatic heterocycles. The van der Waals surface area contributed by atoms with Crippen LogP contribution in [-0.2, 0) is 4.79 Å². The summed E-state index contributed by atoms with van der Waals surface area (Å²) in [5, 5.41) is 6.79. The van der Waals surface area contributed by atoms with Crippen LogP contribution >= 0.6 is 12.2 Å². The van der Waals surface area contributed by atoms with Gasteiger partial charge in [-0.3, -0.25) is 4.79 Å². The number of hydrogen-bond donors (Lipinski definition) is 2. The molecule has 0 saturated heterocycles. The van der Waals surface area contributed by atoms with Crippen molar-refractivity contribution in [2.24, 2.45) is 10.9 Å². The number of anilines is 1. The van der Waals surface area contributed by atoms with Gasteiger partial charge in [0, 0.05) is 17.4 Å². The third-order valence-corrected chi connectivity index (χ3v) is 5.59. The highest BCUT2D eigenvalue weighted by Crippen LogP contribution is 2.21. The van der Waals surface area contributed by atoms with Crippen molar-refractivity contribution in [3.63, 3.8) is 0 Å². The van der Waals surface area contributed by atoms with Crippen molar-refractivity contribution in [1.29, 1.82) is 0 Å². The lowest BCUT2D eigenvalue weighted by Crippen LogP contribution is -2.50. The largest absolute Gasteiger partial charge is 0.357 e. The molecule has 2 unspecified atom stereocenters. The van der Waals surface area contributed by atoms with Gasteiger partial charge >= 0.3 is 0 Å². The molecule has 2 N–H and O–H groups in total. The second-order valence-corrected chi connectivity index (χ2v) is 8.15. The Hall–Kier alpha value is -1.75. The van der Waals surface area contributed by atoms with E-state index in [1.807, 2.05) is 37.3 Å². The number of carbonyl (C=O) groups is 1. The van der Waals surface area contributed by atoms with Gasteiger partial charge < -0.3 is 10.6 Å². The number of aliphatic imine (C=N–C) groups is 1. The standard InChI is InChI=1S/C23H35N3OS/c1-3-4-5-6-7-8-9-10-14-17-20-21(18(2)24-23(28)26-20)22(27)25-19-15-12-11-13-16-19/h11-13,15-16,20-21H,3-10,14,17H2,1-2H3,(H,25,27)(H,26,28). The number of amides is 1. The molecular formula is C23H35N3OS. The minimum absolute atomic E-state index is 0.0108. The first-order valence-electron chi connectivity index (χ1n) is 10.8. The van der Waals surface area contributed by atoms with Crippen LogP contribution in [0.2, 0.25) is 0 Å². The monoisotopic (exact) mass is 401 g/mol. The van der Waals surface area contributed by atoms with Crippen molar-refractivity contribution in [1.82, 2.24) is 5.32 Å². The Morgan fingerprint density at radius 1 is 1.04 bits per heavy atom. The van der Waals surface area contributed by atoms with Gasteiger partial charge in [0.05, 0.1) is 5.92 Å². The zero-order chi connectivity index (χ0) is 20.2. The van der Waals surface area contributed by atoms with Gasteiger partial charge in [-0.05, 0) is 37.7 Å². The van der Waals surface area contributed by atoms with Crippen molar-refractivity contribution in [2.75, 3.05) is 5.32 Å². The van der Waals surface area contributed by atoms with Crippen molar-refractivity contribution in [2.45, 2.75) is 84.1 Å². The Kier molecular flexibility index (Phi) is 10.2. The van der Waals surface area contributed by atoms with E-state index in [1.165, 1.54) is 51.4 Å². The number of para-hydroxylation sites is 1. The van der Waals surface area contributed by atoms with E-state index in [2.05, 4.69) is 22.5 Å². The highest BCUT2D eigenvalue weighted by molar-refractivity contribution is 7.80. The molecule has 2 atom stereocenters. The van der Waals surface area contributed by atoms with Gasteiger partial charge in [0.1, 0.15) is 0 Å². The second-order valence-electron chi connectivity index (χ2n) is 7.76. The minimum Gasteiger partial charge on any atom is -0.357 e. The molecule has 1 heterocycles. The summed E-state index contributed by atoms with van der Waals surface area (Å²) < 4.78 is 0. The van der Waals surface area contributed by atoms with E-state index in [0.29, 0.717) is 5.11 Å². The van der Waals surface area contributed by atoms with Crippen LogP contribution in [0.25, 0.3) is 0 Å². The molecule has 0 aliphatic carbocycles. The Labute approximate surface area is 175 Å². The summed E-state index contributed by atoms with van der Waals surface area (Å²) in [6.45, 7) is 4.16. The molecule has 1 aromatic carbocycles. The third-order valence-electron chi connectivity index (χ3n) is 5.38. The lowest BCUT2D eigenvalue weighted by atomic mass is 9.88. The lowest BCUT2D eigenvalue weighted by molar-refractivity contribution is -0.118. The van der Waals surface area contributed by atoms with Crippen LogP contribution in [0.4, 0.5) is 5.69 Å². The van der Waals surface area contributed by atoms with Crippen molar-refractivity contribution in [3.8, 4) is 0 Å². The maximum atomic E-state index is 12.9. The van der Waals surface area contributed by atoms with Crippen LogP contribution < -0.4 is 10.6 Å². The zero-order valence-corrected chi connectivity index (χ0v) is 18.2. The molecule has 154 valence electrons. The molecule has 0 saturated carbocycles. The van der Waals surface area contributed by atoms with E-state index in [-0.39, 0.29) is 17.9 Å². The van der Waals surface area contributed by atoms with Crippen LogP contribution in [-0.4, -0.2) is 22.8 Å². The maximum absolute atomic E-state index is 12.9. The molecule has 1 amide bonds. The summed E-state index contributed by atoms with van der Waals surface area (Å²) in [6.07, 6.45) is 12.6. The second kappa shape index (κ2) is 12.7. The quantitative estimate of drug-likeness (QED) is 0.340. The van der Waals surface area contributed by atoms with E-state index in [0.717, 1.165) is 24.2 Å². The number of nitrogens with zero attached hydrogens (tertiary/aromatic N) is 1. The number of thiocarbonyl (C=S) groups is 1. The molecule has 0 spiro atoms. The number of benzene rings is 1. The summed E-state index contributed by atoms with van der Waals surface area (Å²) in [5.74, 6) is -0.288. The van der Waals surface area contributed by atoms with E-state index in [1.54, 1.807) is 0 Å². The van der Waals surface area contributed by atoms with Crippen LogP contribution in [0, 0.1) is 5.92 Å². The molecule has 28 heavy (non-hydrogen) atoms. The molecule has 2 rings (SSSR count). The van der Waals surface area contributed by atoms with Gasteiger partial charge in [-0.1, -0.05) is 82.9 Å². The lowest BCUT2D eigenvalue weighted by Gasteiger charge is -2.31. The fraction of sp³-hybridized carbons (Fsp3) is 0.609. The predicted molar refractivity (Wildman–Crippen MR) is 123 cm³/mol. The highest BCUT2D eigenvalue weighted by atomic mass is 32.1. The van der Waals surface area contributed by atoms with Crippen LogP contribution in [0.3, 0.4) is 0 Å². The van der Waals surface area contributed by atoms with Crippen molar-refractivity contribution >= 4 is 34.6 Å². The molecule has 1 aromatic rings. The number of unbranched alkanes of at least 4 members (excludes halogenated alkanes) is 8. The average Bonchev–Trinajstić information content (AvgIpc) is 2.67. The molecule has 4 nitrogen and oxygen atoms in total. The Morgan fingerprint density at radius 3 is 2.29 bits per heavy atom. The van der Waals surface area contributed by atoms with Gasteiger partial charge in [-0.15, -0.1) is 0 Å². The Balaban J connectivity index is 1.79. The highest BCUT2D eigenvalue weighted by Gasteiger charge is 2.34. The molecule has 0 bridgehead atoms. The summed E-state index contributed by atoms with van der Waals surface area (Å²) in [5.41, 5.74) is 1.62. The predicted octanol–water partition coefficient (Wildman–Crippen LogP) is 5.88. The SMILES string of the molecule is CCCCCCCCCCCC1NC(=S)N=C(C)C1C(=O)Nc1ccccc1. The molecule has 0 fully saturated rings. The van der Waals surface area contributed by atoms with E-state index < -0.39 is 0 Å². The fourth-order valence-corrected chi connectivity index (χ4v) is 4.12. The van der Waals surface area contributed by atoms with Gasteiger partial charge in [0.25, 0.3) is 0 Å². The Bertz CT molecular complexity index is 645. The van der Waals surface area contributed by atoms with Gasteiger partial charge in [0.2, 0.25) is 5.91 Å². The normalized spacial score (nSPS) is 19.1. The van der Waals surface area contributed by atoms with Crippen molar-refractivity contribution in [3.05, 3.63) is 30.3 Å². The molecule has 0 radical (unpaired) electrons. The molecule has 0 aromatic heterocycles. The topological polar surface area (TPSA) is 53.5 Å². The van der Waals surface area contributed by atoms with Gasteiger partial charge in [-0.2, -0.15) is 0 Å². The first-order chi connectivity index (χ1) is 13.6.